The van der Waals surface area contributed by atoms with Crippen LogP contribution in [0.3, 0.4) is 0 Å². The summed E-state index contributed by atoms with van der Waals surface area (Å²) in [6.45, 7) is 3.44. The van der Waals surface area contributed by atoms with Gasteiger partial charge in [0.05, 0.1) is 16.6 Å². The number of terminal acetylenes is 1. The van der Waals surface area contributed by atoms with E-state index in [2.05, 4.69) is 21.0 Å². The molecule has 2 aromatic heterocycles. The topological polar surface area (TPSA) is 86.6 Å². The van der Waals surface area contributed by atoms with Crippen molar-refractivity contribution in [3.8, 4) is 35.4 Å². The van der Waals surface area contributed by atoms with E-state index in [9.17, 15) is 9.50 Å². The van der Waals surface area contributed by atoms with Crippen LogP contribution in [0.25, 0.3) is 33.1 Å². The second kappa shape index (κ2) is 9.79. The Hall–Kier alpha value is -4.00. The van der Waals surface area contributed by atoms with Gasteiger partial charge in [0.1, 0.15) is 24.3 Å². The first kappa shape index (κ1) is 25.7. The zero-order valence-electron chi connectivity index (χ0n) is 23.4. The highest BCUT2D eigenvalue weighted by molar-refractivity contribution is 6.02. The lowest BCUT2D eigenvalue weighted by molar-refractivity contribution is 0.107. The van der Waals surface area contributed by atoms with Crippen LogP contribution in [-0.4, -0.2) is 81.5 Å². The predicted molar refractivity (Wildman–Crippen MR) is 161 cm³/mol. The molecular weight excluding hydrogens is 531 g/mol. The Labute approximate surface area is 243 Å². The smallest absolute Gasteiger partial charge is 0.320 e. The summed E-state index contributed by atoms with van der Waals surface area (Å²) >= 11 is 0. The lowest BCUT2D eigenvalue weighted by Gasteiger charge is -2.34. The SMILES string of the molecule is C#Cc1cccc2cc(O)cc(-c3ccc4c(N5C[C@H]6CC[C@@H](C5)N6)nc(OC[C@@]56CCCN5C[C@H](F)C6)nc4n3)c12. The number of rotatable bonds is 5. The van der Waals surface area contributed by atoms with E-state index in [0.717, 1.165) is 78.4 Å². The largest absolute Gasteiger partial charge is 0.508 e. The van der Waals surface area contributed by atoms with Crippen molar-refractivity contribution in [2.45, 2.75) is 55.9 Å². The summed E-state index contributed by atoms with van der Waals surface area (Å²) < 4.78 is 20.8. The summed E-state index contributed by atoms with van der Waals surface area (Å²) in [6.07, 6.45) is 9.79. The Kier molecular flexibility index (Phi) is 5.99. The minimum absolute atomic E-state index is 0.139. The minimum Gasteiger partial charge on any atom is -0.508 e. The zero-order valence-corrected chi connectivity index (χ0v) is 23.4. The highest BCUT2D eigenvalue weighted by Crippen LogP contribution is 2.41. The maximum atomic E-state index is 14.4. The third-order valence-corrected chi connectivity index (χ3v) is 9.66. The second-order valence-corrected chi connectivity index (χ2v) is 12.3. The average Bonchev–Trinajstić information content (AvgIpc) is 3.64. The number of aromatic hydroxyl groups is 1. The molecular formula is C33H33FN6O2. The molecule has 0 radical (unpaired) electrons. The van der Waals surface area contributed by atoms with Crippen LogP contribution in [0.5, 0.6) is 11.8 Å². The molecule has 0 amide bonds. The summed E-state index contributed by atoms with van der Waals surface area (Å²) in [5.74, 6) is 3.73. The minimum atomic E-state index is -0.826. The van der Waals surface area contributed by atoms with E-state index in [-0.39, 0.29) is 17.3 Å². The number of benzene rings is 2. The molecule has 2 aromatic carbocycles. The average molecular weight is 565 g/mol. The van der Waals surface area contributed by atoms with Crippen molar-refractivity contribution < 1.29 is 14.2 Å². The molecule has 6 heterocycles. The number of hydrogen-bond donors (Lipinski definition) is 2. The number of phenolic OH excluding ortho intramolecular Hbond substituents is 1. The molecule has 0 spiro atoms. The predicted octanol–water partition coefficient (Wildman–Crippen LogP) is 4.43. The van der Waals surface area contributed by atoms with E-state index in [1.165, 1.54) is 0 Å². The van der Waals surface area contributed by atoms with Crippen molar-refractivity contribution in [3.05, 3.63) is 48.0 Å². The number of pyridine rings is 1. The fourth-order valence-electron chi connectivity index (χ4n) is 7.78. The molecule has 4 aliphatic heterocycles. The maximum absolute atomic E-state index is 14.4. The third-order valence-electron chi connectivity index (χ3n) is 9.66. The van der Waals surface area contributed by atoms with E-state index in [1.807, 2.05) is 30.3 Å². The Morgan fingerprint density at radius 1 is 1.10 bits per heavy atom. The number of nitrogens with zero attached hydrogens (tertiary/aromatic N) is 5. The van der Waals surface area contributed by atoms with Gasteiger partial charge in [-0.25, -0.2) is 9.37 Å². The number of hydrogen-bond acceptors (Lipinski definition) is 8. The van der Waals surface area contributed by atoms with Crippen molar-refractivity contribution in [2.24, 2.45) is 0 Å². The summed E-state index contributed by atoms with van der Waals surface area (Å²) in [6, 6.07) is 14.2. The van der Waals surface area contributed by atoms with Crippen LogP contribution in [0.15, 0.2) is 42.5 Å². The standard InChI is InChI=1S/C33H33FN6O2/c1-2-20-5-3-6-21-13-25(41)14-27(29(20)21)28-10-9-26-30(36-28)37-32(38-31(26)39-17-23-7-8-24(18-39)35-23)42-19-33-11-4-12-40(33)16-22(34)15-33/h1,3,5-6,9-10,13-14,22-24,35,41H,4,7-8,11-12,15-19H2/t22-,23-,24+,33+/m1/s1. The number of anilines is 1. The Morgan fingerprint density at radius 2 is 1.95 bits per heavy atom. The first-order chi connectivity index (χ1) is 20.5. The molecule has 0 unspecified atom stereocenters. The van der Waals surface area contributed by atoms with Gasteiger partial charge in [0.15, 0.2) is 5.65 Å². The Morgan fingerprint density at radius 3 is 2.79 bits per heavy atom. The van der Waals surface area contributed by atoms with Crippen LogP contribution in [-0.2, 0) is 0 Å². The van der Waals surface area contributed by atoms with Crippen molar-refractivity contribution in [3.63, 3.8) is 0 Å². The van der Waals surface area contributed by atoms with Gasteiger partial charge in [0.25, 0.3) is 0 Å². The summed E-state index contributed by atoms with van der Waals surface area (Å²) in [4.78, 5) is 19.3. The molecule has 0 aliphatic carbocycles. The van der Waals surface area contributed by atoms with Gasteiger partial charge in [-0.3, -0.25) is 4.90 Å². The zero-order chi connectivity index (χ0) is 28.4. The first-order valence-electron chi connectivity index (χ1n) is 14.9. The van der Waals surface area contributed by atoms with Gasteiger partial charge >= 0.3 is 6.01 Å². The number of nitrogens with one attached hydrogen (secondary N) is 1. The normalized spacial score (nSPS) is 27.0. The lowest BCUT2D eigenvalue weighted by Crippen LogP contribution is -2.51. The van der Waals surface area contributed by atoms with Crippen molar-refractivity contribution in [1.82, 2.24) is 25.2 Å². The summed E-state index contributed by atoms with van der Waals surface area (Å²) in [7, 11) is 0. The van der Waals surface area contributed by atoms with Gasteiger partial charge in [-0.1, -0.05) is 18.1 Å². The van der Waals surface area contributed by atoms with Crippen molar-refractivity contribution in [2.75, 3.05) is 37.7 Å². The van der Waals surface area contributed by atoms with Gasteiger partial charge in [-0.15, -0.1) is 6.42 Å². The molecule has 2 bridgehead atoms. The van der Waals surface area contributed by atoms with Crippen molar-refractivity contribution in [1.29, 1.82) is 0 Å². The van der Waals surface area contributed by atoms with Crippen LogP contribution in [0.1, 0.15) is 37.7 Å². The molecule has 4 fully saturated rings. The van der Waals surface area contributed by atoms with Crippen LogP contribution in [0.4, 0.5) is 10.2 Å². The van der Waals surface area contributed by atoms with Gasteiger partial charge in [-0.2, -0.15) is 9.97 Å². The van der Waals surface area contributed by atoms with E-state index in [1.54, 1.807) is 12.1 Å². The second-order valence-electron chi connectivity index (χ2n) is 12.3. The number of phenols is 1. The quantitative estimate of drug-likeness (QED) is 0.345. The molecule has 8 rings (SSSR count). The molecule has 9 heteroatoms. The number of ether oxygens (including phenoxy) is 1. The molecule has 4 saturated heterocycles. The molecule has 0 saturated carbocycles. The Balaban J connectivity index is 1.23. The highest BCUT2D eigenvalue weighted by Gasteiger charge is 2.49. The highest BCUT2D eigenvalue weighted by atomic mass is 19.1. The fourth-order valence-corrected chi connectivity index (χ4v) is 7.78. The van der Waals surface area contributed by atoms with E-state index >= 15 is 0 Å². The van der Waals surface area contributed by atoms with E-state index in [0.29, 0.717) is 43.0 Å². The molecule has 4 aromatic rings. The van der Waals surface area contributed by atoms with Gasteiger partial charge in [-0.05, 0) is 67.9 Å². The third kappa shape index (κ3) is 4.24. The van der Waals surface area contributed by atoms with Crippen molar-refractivity contribution >= 4 is 27.6 Å². The number of alkyl halides is 1. The summed E-state index contributed by atoms with van der Waals surface area (Å²) in [5.41, 5.74) is 2.34. The monoisotopic (exact) mass is 564 g/mol. The van der Waals surface area contributed by atoms with Gasteiger partial charge in [0, 0.05) is 54.7 Å². The molecule has 42 heavy (non-hydrogen) atoms. The molecule has 4 aliphatic rings. The molecule has 8 nitrogen and oxygen atoms in total. The van der Waals surface area contributed by atoms with Crippen LogP contribution in [0.2, 0.25) is 0 Å². The fraction of sp³-hybridized carbons (Fsp3) is 0.424. The molecule has 4 atom stereocenters. The molecule has 2 N–H and O–H groups in total. The number of piperazine rings is 1. The molecule has 214 valence electrons. The van der Waals surface area contributed by atoms with Crippen LogP contribution >= 0.6 is 0 Å². The van der Waals surface area contributed by atoms with Gasteiger partial charge in [0.2, 0.25) is 0 Å². The van der Waals surface area contributed by atoms with Crippen LogP contribution < -0.4 is 15.0 Å². The Bertz CT molecular complexity index is 1740. The lowest BCUT2D eigenvalue weighted by atomic mass is 9.95. The van der Waals surface area contributed by atoms with E-state index in [4.69, 9.17) is 26.1 Å². The maximum Gasteiger partial charge on any atom is 0.320 e. The van der Waals surface area contributed by atoms with Gasteiger partial charge < -0.3 is 20.1 Å². The number of aromatic nitrogens is 3. The van der Waals surface area contributed by atoms with E-state index < -0.39 is 6.17 Å². The number of fused-ring (bicyclic) bond motifs is 5. The number of halogens is 1. The first-order valence-corrected chi connectivity index (χ1v) is 14.9. The van der Waals surface area contributed by atoms with Crippen LogP contribution in [0, 0.1) is 12.3 Å². The summed E-state index contributed by atoms with van der Waals surface area (Å²) in [5, 5.41) is 16.8.